The van der Waals surface area contributed by atoms with E-state index in [0.29, 0.717) is 24.1 Å². The minimum atomic E-state index is -2.93. The maximum absolute atomic E-state index is 11.5. The Morgan fingerprint density at radius 2 is 1.95 bits per heavy atom. The molecule has 7 heteroatoms. The van der Waals surface area contributed by atoms with Crippen LogP contribution < -0.4 is 5.73 Å². The van der Waals surface area contributed by atoms with E-state index in [1.165, 1.54) is 19.3 Å². The van der Waals surface area contributed by atoms with Crippen LogP contribution in [0.5, 0.6) is 0 Å². The fourth-order valence-corrected chi connectivity index (χ4v) is 4.98. The quantitative estimate of drug-likeness (QED) is 0.909. The monoisotopic (exact) mass is 299 g/mol. The van der Waals surface area contributed by atoms with Crippen molar-refractivity contribution in [2.45, 2.75) is 50.5 Å². The molecule has 112 valence electrons. The lowest BCUT2D eigenvalue weighted by Gasteiger charge is -2.24. The van der Waals surface area contributed by atoms with Crippen molar-refractivity contribution >= 4 is 9.84 Å². The summed E-state index contributed by atoms with van der Waals surface area (Å²) < 4.78 is 28.3. The predicted octanol–water partition coefficient (Wildman–Crippen LogP) is 1.55. The van der Waals surface area contributed by atoms with Gasteiger partial charge in [-0.15, -0.1) is 0 Å². The van der Waals surface area contributed by atoms with Crippen LogP contribution in [0, 0.1) is 5.92 Å². The molecular weight excluding hydrogens is 278 g/mol. The van der Waals surface area contributed by atoms with Crippen LogP contribution in [0.1, 0.15) is 62.2 Å². The van der Waals surface area contributed by atoms with Crippen LogP contribution in [-0.2, 0) is 9.84 Å². The molecule has 2 fully saturated rings. The molecule has 1 aliphatic carbocycles. The van der Waals surface area contributed by atoms with Gasteiger partial charge in [-0.05, 0) is 25.2 Å². The van der Waals surface area contributed by atoms with Crippen molar-refractivity contribution in [1.82, 2.24) is 10.1 Å². The van der Waals surface area contributed by atoms with E-state index in [4.69, 9.17) is 10.3 Å². The van der Waals surface area contributed by atoms with Gasteiger partial charge in [0.1, 0.15) is 0 Å². The van der Waals surface area contributed by atoms with E-state index in [0.717, 1.165) is 12.8 Å². The smallest absolute Gasteiger partial charge is 0.243 e. The number of aromatic nitrogens is 2. The Bertz CT molecular complexity index is 563. The van der Waals surface area contributed by atoms with Gasteiger partial charge in [-0.2, -0.15) is 4.98 Å². The minimum Gasteiger partial charge on any atom is -0.338 e. The highest BCUT2D eigenvalue weighted by atomic mass is 32.2. The van der Waals surface area contributed by atoms with Gasteiger partial charge in [-0.3, -0.25) is 0 Å². The van der Waals surface area contributed by atoms with Crippen molar-refractivity contribution in [3.63, 3.8) is 0 Å². The molecule has 0 spiro atoms. The number of nitrogens with two attached hydrogens (primary N) is 1. The van der Waals surface area contributed by atoms with Crippen molar-refractivity contribution in [3.05, 3.63) is 11.7 Å². The van der Waals surface area contributed by atoms with Crippen LogP contribution in [0.3, 0.4) is 0 Å². The van der Waals surface area contributed by atoms with E-state index in [1.54, 1.807) is 0 Å². The van der Waals surface area contributed by atoms with Crippen molar-refractivity contribution < 1.29 is 12.9 Å². The van der Waals surface area contributed by atoms with Gasteiger partial charge in [-0.25, -0.2) is 8.42 Å². The standard InChI is InChI=1S/C13H21N3O3S/c14-11(9-4-2-1-3-5-9)13-15-12(16-19-13)10-6-7-20(17,18)8-10/h9-11H,1-8,14H2. The molecule has 1 saturated carbocycles. The first-order valence-corrected chi connectivity index (χ1v) is 9.17. The Hall–Kier alpha value is -0.950. The third kappa shape index (κ3) is 2.88. The summed E-state index contributed by atoms with van der Waals surface area (Å²) in [5.74, 6) is 1.60. The van der Waals surface area contributed by atoms with Gasteiger partial charge in [0.15, 0.2) is 15.7 Å². The summed E-state index contributed by atoms with van der Waals surface area (Å²) in [6.45, 7) is 0. The van der Waals surface area contributed by atoms with Crippen molar-refractivity contribution in [2.75, 3.05) is 11.5 Å². The highest BCUT2D eigenvalue weighted by Crippen LogP contribution is 2.33. The number of rotatable bonds is 3. The van der Waals surface area contributed by atoms with E-state index in [-0.39, 0.29) is 23.5 Å². The van der Waals surface area contributed by atoms with Crippen molar-refractivity contribution in [2.24, 2.45) is 11.7 Å². The Balaban J connectivity index is 1.70. The predicted molar refractivity (Wildman–Crippen MR) is 73.8 cm³/mol. The summed E-state index contributed by atoms with van der Waals surface area (Å²) in [7, 11) is -2.93. The third-order valence-corrected chi connectivity index (χ3v) is 6.27. The first kappa shape index (κ1) is 14.0. The molecule has 0 amide bonds. The molecule has 6 nitrogen and oxygen atoms in total. The SMILES string of the molecule is NC(c1nc(C2CCS(=O)(=O)C2)no1)C1CCCCC1. The molecule has 1 saturated heterocycles. The Morgan fingerprint density at radius 3 is 2.60 bits per heavy atom. The molecule has 1 aromatic heterocycles. The van der Waals surface area contributed by atoms with Crippen LogP contribution in [-0.4, -0.2) is 30.1 Å². The molecule has 1 aliphatic heterocycles. The van der Waals surface area contributed by atoms with Crippen molar-refractivity contribution in [1.29, 1.82) is 0 Å². The number of hydrogen-bond acceptors (Lipinski definition) is 6. The molecule has 3 rings (SSSR count). The van der Waals surface area contributed by atoms with Gasteiger partial charge in [0, 0.05) is 5.92 Å². The number of sulfone groups is 1. The third-order valence-electron chi connectivity index (χ3n) is 4.50. The molecule has 1 aromatic rings. The van der Waals surface area contributed by atoms with Crippen LogP contribution in [0.4, 0.5) is 0 Å². The van der Waals surface area contributed by atoms with Gasteiger partial charge < -0.3 is 10.3 Å². The van der Waals surface area contributed by atoms with E-state index in [1.807, 2.05) is 0 Å². The molecule has 2 unspecified atom stereocenters. The lowest BCUT2D eigenvalue weighted by atomic mass is 9.84. The lowest BCUT2D eigenvalue weighted by Crippen LogP contribution is -2.23. The molecule has 2 atom stereocenters. The topological polar surface area (TPSA) is 99.1 Å². The molecule has 2 aliphatic rings. The second-order valence-electron chi connectivity index (χ2n) is 6.01. The summed E-state index contributed by atoms with van der Waals surface area (Å²) in [6.07, 6.45) is 6.49. The highest BCUT2D eigenvalue weighted by molar-refractivity contribution is 7.91. The van der Waals surface area contributed by atoms with Gasteiger partial charge in [-0.1, -0.05) is 24.4 Å². The second kappa shape index (κ2) is 5.44. The average molecular weight is 299 g/mol. The maximum atomic E-state index is 11.5. The lowest BCUT2D eigenvalue weighted by molar-refractivity contribution is 0.255. The van der Waals surface area contributed by atoms with Gasteiger partial charge >= 0.3 is 0 Å². The van der Waals surface area contributed by atoms with Crippen LogP contribution >= 0.6 is 0 Å². The zero-order valence-corrected chi connectivity index (χ0v) is 12.3. The highest BCUT2D eigenvalue weighted by Gasteiger charge is 2.33. The van der Waals surface area contributed by atoms with Crippen LogP contribution in [0.25, 0.3) is 0 Å². The average Bonchev–Trinajstić information content (AvgIpc) is 3.05. The van der Waals surface area contributed by atoms with Gasteiger partial charge in [0.25, 0.3) is 0 Å². The first-order valence-electron chi connectivity index (χ1n) is 7.35. The fourth-order valence-electron chi connectivity index (χ4n) is 3.24. The van der Waals surface area contributed by atoms with Crippen LogP contribution in [0.2, 0.25) is 0 Å². The molecule has 2 heterocycles. The summed E-state index contributed by atoms with van der Waals surface area (Å²) in [5.41, 5.74) is 6.22. The zero-order chi connectivity index (χ0) is 14.2. The number of hydrogen-bond donors (Lipinski definition) is 1. The van der Waals surface area contributed by atoms with Gasteiger partial charge in [0.05, 0.1) is 17.5 Å². The van der Waals surface area contributed by atoms with E-state index in [9.17, 15) is 8.42 Å². The number of nitrogens with zero attached hydrogens (tertiary/aromatic N) is 2. The zero-order valence-electron chi connectivity index (χ0n) is 11.5. The Morgan fingerprint density at radius 1 is 1.20 bits per heavy atom. The molecular formula is C13H21N3O3S. The summed E-state index contributed by atoms with van der Waals surface area (Å²) in [4.78, 5) is 4.37. The van der Waals surface area contributed by atoms with E-state index in [2.05, 4.69) is 10.1 Å². The Kier molecular flexibility index (Phi) is 3.81. The van der Waals surface area contributed by atoms with E-state index >= 15 is 0 Å². The maximum Gasteiger partial charge on any atom is 0.243 e. The summed E-state index contributed by atoms with van der Waals surface area (Å²) in [5, 5.41) is 3.95. The van der Waals surface area contributed by atoms with E-state index < -0.39 is 9.84 Å². The fraction of sp³-hybridized carbons (Fsp3) is 0.846. The molecule has 20 heavy (non-hydrogen) atoms. The van der Waals surface area contributed by atoms with Gasteiger partial charge in [0.2, 0.25) is 5.89 Å². The van der Waals surface area contributed by atoms with Crippen LogP contribution in [0.15, 0.2) is 4.52 Å². The Labute approximate surface area is 119 Å². The van der Waals surface area contributed by atoms with Crippen molar-refractivity contribution in [3.8, 4) is 0 Å². The first-order chi connectivity index (χ1) is 9.55. The molecule has 2 N–H and O–H groups in total. The second-order valence-corrected chi connectivity index (χ2v) is 8.24. The summed E-state index contributed by atoms with van der Waals surface area (Å²) in [6, 6.07) is -0.213. The molecule has 0 bridgehead atoms. The molecule has 0 radical (unpaired) electrons. The molecule has 0 aromatic carbocycles. The largest absolute Gasteiger partial charge is 0.338 e. The minimum absolute atomic E-state index is 0.129. The normalized spacial score (nSPS) is 28.6. The summed E-state index contributed by atoms with van der Waals surface area (Å²) >= 11 is 0.